The third-order valence-corrected chi connectivity index (χ3v) is 6.05. The summed E-state index contributed by atoms with van der Waals surface area (Å²) in [6, 6.07) is 41.2. The van der Waals surface area contributed by atoms with Crippen molar-refractivity contribution in [2.24, 2.45) is 0 Å². The van der Waals surface area contributed by atoms with Crippen LogP contribution in [0, 0.1) is 0 Å². The maximum atomic E-state index is 13.7. The van der Waals surface area contributed by atoms with Crippen molar-refractivity contribution in [3.8, 4) is 0 Å². The average molecular weight is 421 g/mol. The van der Waals surface area contributed by atoms with Crippen molar-refractivity contribution in [2.75, 3.05) is 6.61 Å². The van der Waals surface area contributed by atoms with Crippen LogP contribution in [0.2, 0.25) is 0 Å². The highest BCUT2D eigenvalue weighted by Gasteiger charge is 2.47. The van der Waals surface area contributed by atoms with Gasteiger partial charge in [-0.1, -0.05) is 121 Å². The molecule has 2 nitrogen and oxygen atoms in total. The molecule has 2 heteroatoms. The second-order valence-electron chi connectivity index (χ2n) is 7.96. The second-order valence-corrected chi connectivity index (χ2v) is 7.96. The van der Waals surface area contributed by atoms with E-state index >= 15 is 0 Å². The second kappa shape index (κ2) is 10.1. The maximum Gasteiger partial charge on any atom is 0.314 e. The Balaban J connectivity index is 2.05. The molecule has 0 N–H and O–H groups in total. The van der Waals surface area contributed by atoms with Gasteiger partial charge in [0.1, 0.15) is 0 Å². The van der Waals surface area contributed by atoms with Crippen LogP contribution in [-0.4, -0.2) is 12.6 Å². The van der Waals surface area contributed by atoms with Crippen molar-refractivity contribution in [1.82, 2.24) is 0 Å². The molecule has 0 bridgehead atoms. The van der Waals surface area contributed by atoms with E-state index in [4.69, 9.17) is 4.74 Å². The molecule has 0 unspecified atom stereocenters. The first-order valence-electron chi connectivity index (χ1n) is 11.1. The first-order valence-corrected chi connectivity index (χ1v) is 11.1. The van der Waals surface area contributed by atoms with Gasteiger partial charge in [0.25, 0.3) is 0 Å². The lowest BCUT2D eigenvalue weighted by Gasteiger charge is -2.41. The van der Waals surface area contributed by atoms with Crippen LogP contribution in [0.5, 0.6) is 0 Å². The number of esters is 1. The number of hydrogen-bond donors (Lipinski definition) is 0. The highest BCUT2D eigenvalue weighted by molar-refractivity contribution is 5.82. The summed E-state index contributed by atoms with van der Waals surface area (Å²) in [6.07, 6.45) is 0.667. The first-order chi connectivity index (χ1) is 15.8. The molecule has 4 aromatic carbocycles. The van der Waals surface area contributed by atoms with Gasteiger partial charge in [-0.05, 0) is 35.6 Å². The van der Waals surface area contributed by atoms with Gasteiger partial charge >= 0.3 is 5.97 Å². The Morgan fingerprint density at radius 3 is 1.59 bits per heavy atom. The Bertz CT molecular complexity index is 1070. The fraction of sp³-hybridized carbons (Fsp3) is 0.167. The summed E-state index contributed by atoms with van der Waals surface area (Å²) >= 11 is 0. The van der Waals surface area contributed by atoms with E-state index in [1.807, 2.05) is 79.7 Å². The third-order valence-electron chi connectivity index (χ3n) is 6.05. The van der Waals surface area contributed by atoms with Crippen LogP contribution >= 0.6 is 0 Å². The molecule has 0 aliphatic rings. The molecule has 1 atom stereocenters. The Morgan fingerprint density at radius 1 is 0.688 bits per heavy atom. The number of benzene rings is 4. The fourth-order valence-corrected chi connectivity index (χ4v) is 4.69. The van der Waals surface area contributed by atoms with Crippen LogP contribution in [0.25, 0.3) is 0 Å². The average Bonchev–Trinajstić information content (AvgIpc) is 2.86. The molecule has 32 heavy (non-hydrogen) atoms. The standard InChI is InChI=1S/C30H28O2/c1-2-32-29(31)28(25-17-9-4-10-18-25)30(26-19-11-5-12-20-26,27-21-13-6-14-22-27)23-24-15-7-3-8-16-24/h3-22,28H,2,23H2,1H3/t28-/m1/s1. The van der Waals surface area contributed by atoms with Crippen LogP contribution in [0.1, 0.15) is 35.1 Å². The summed E-state index contributed by atoms with van der Waals surface area (Å²) in [6.45, 7) is 2.21. The van der Waals surface area contributed by atoms with Gasteiger partial charge in [-0.2, -0.15) is 0 Å². The summed E-state index contributed by atoms with van der Waals surface area (Å²) < 4.78 is 5.71. The lowest BCUT2D eigenvalue weighted by atomic mass is 9.60. The van der Waals surface area contributed by atoms with E-state index in [9.17, 15) is 4.79 Å². The Hall–Kier alpha value is -3.65. The molecule has 0 spiro atoms. The molecule has 160 valence electrons. The van der Waals surface area contributed by atoms with Gasteiger partial charge in [0.15, 0.2) is 0 Å². The van der Waals surface area contributed by atoms with Crippen LogP contribution in [-0.2, 0) is 21.4 Å². The largest absolute Gasteiger partial charge is 0.465 e. The van der Waals surface area contributed by atoms with Crippen molar-refractivity contribution in [3.63, 3.8) is 0 Å². The minimum atomic E-state index is -0.641. The highest BCUT2D eigenvalue weighted by atomic mass is 16.5. The summed E-state index contributed by atoms with van der Waals surface area (Å²) in [7, 11) is 0. The maximum absolute atomic E-state index is 13.7. The topological polar surface area (TPSA) is 26.3 Å². The zero-order chi connectivity index (χ0) is 22.2. The van der Waals surface area contributed by atoms with Crippen LogP contribution in [0.3, 0.4) is 0 Å². The Labute approximate surface area is 190 Å². The van der Waals surface area contributed by atoms with Crippen molar-refractivity contribution in [1.29, 1.82) is 0 Å². The molecule has 0 aliphatic carbocycles. The normalized spacial score (nSPS) is 12.2. The fourth-order valence-electron chi connectivity index (χ4n) is 4.69. The SMILES string of the molecule is CCOC(=O)[C@@H](c1ccccc1)C(Cc1ccccc1)(c1ccccc1)c1ccccc1. The van der Waals surface area contributed by atoms with Gasteiger partial charge in [0, 0.05) is 5.41 Å². The molecule has 0 saturated heterocycles. The molecule has 0 amide bonds. The van der Waals surface area contributed by atoms with Crippen molar-refractivity contribution in [2.45, 2.75) is 24.7 Å². The van der Waals surface area contributed by atoms with E-state index < -0.39 is 11.3 Å². The van der Waals surface area contributed by atoms with Gasteiger partial charge in [-0.25, -0.2) is 0 Å². The van der Waals surface area contributed by atoms with Gasteiger partial charge in [0.2, 0.25) is 0 Å². The van der Waals surface area contributed by atoms with Gasteiger partial charge in [-0.15, -0.1) is 0 Å². The van der Waals surface area contributed by atoms with E-state index in [0.29, 0.717) is 13.0 Å². The monoisotopic (exact) mass is 420 g/mol. The van der Waals surface area contributed by atoms with E-state index in [2.05, 4.69) is 48.5 Å². The molecule has 0 aromatic heterocycles. The van der Waals surface area contributed by atoms with Crippen LogP contribution in [0.15, 0.2) is 121 Å². The van der Waals surface area contributed by atoms with E-state index in [-0.39, 0.29) is 5.97 Å². The zero-order valence-corrected chi connectivity index (χ0v) is 18.4. The van der Waals surface area contributed by atoms with E-state index in [0.717, 1.165) is 16.7 Å². The summed E-state index contributed by atoms with van der Waals surface area (Å²) in [5, 5.41) is 0. The first kappa shape index (κ1) is 21.6. The Kier molecular flexibility index (Phi) is 6.81. The van der Waals surface area contributed by atoms with E-state index in [1.165, 1.54) is 5.56 Å². The van der Waals surface area contributed by atoms with Gasteiger partial charge in [0.05, 0.1) is 12.5 Å². The van der Waals surface area contributed by atoms with Gasteiger partial charge < -0.3 is 4.74 Å². The summed E-state index contributed by atoms with van der Waals surface area (Å²) in [5.74, 6) is -0.712. The third kappa shape index (κ3) is 4.36. The smallest absolute Gasteiger partial charge is 0.314 e. The number of rotatable bonds is 8. The van der Waals surface area contributed by atoms with Crippen molar-refractivity contribution in [3.05, 3.63) is 144 Å². The van der Waals surface area contributed by atoms with Crippen molar-refractivity contribution < 1.29 is 9.53 Å². The quantitative estimate of drug-likeness (QED) is 0.302. The molecule has 0 heterocycles. The van der Waals surface area contributed by atoms with Crippen LogP contribution in [0.4, 0.5) is 0 Å². The van der Waals surface area contributed by atoms with E-state index in [1.54, 1.807) is 0 Å². The molecule has 0 aliphatic heterocycles. The molecule has 4 rings (SSSR count). The van der Waals surface area contributed by atoms with Gasteiger partial charge in [-0.3, -0.25) is 4.79 Å². The lowest BCUT2D eigenvalue weighted by molar-refractivity contribution is -0.146. The summed E-state index contributed by atoms with van der Waals surface area (Å²) in [4.78, 5) is 13.7. The van der Waals surface area contributed by atoms with Crippen molar-refractivity contribution >= 4 is 5.97 Å². The highest BCUT2D eigenvalue weighted by Crippen LogP contribution is 2.48. The number of carbonyl (C=O) groups is 1. The lowest BCUT2D eigenvalue weighted by Crippen LogP contribution is -2.42. The predicted molar refractivity (Wildman–Crippen MR) is 130 cm³/mol. The molecular formula is C30H28O2. The zero-order valence-electron chi connectivity index (χ0n) is 18.4. The Morgan fingerprint density at radius 2 is 1.12 bits per heavy atom. The number of hydrogen-bond acceptors (Lipinski definition) is 2. The number of ether oxygens (including phenoxy) is 1. The molecule has 0 fully saturated rings. The van der Waals surface area contributed by atoms with Crippen LogP contribution < -0.4 is 0 Å². The number of carbonyl (C=O) groups excluding carboxylic acids is 1. The molecular weight excluding hydrogens is 392 g/mol. The predicted octanol–water partition coefficient (Wildman–Crippen LogP) is 6.56. The minimum Gasteiger partial charge on any atom is -0.465 e. The molecule has 0 saturated carbocycles. The molecule has 4 aromatic rings. The minimum absolute atomic E-state index is 0.206. The summed E-state index contributed by atoms with van der Waals surface area (Å²) in [5.41, 5.74) is 3.67. The molecule has 0 radical (unpaired) electrons.